The van der Waals surface area contributed by atoms with Crippen LogP contribution in [0.2, 0.25) is 0 Å². The number of para-hydroxylation sites is 2. The number of anilines is 1. The van der Waals surface area contributed by atoms with Gasteiger partial charge in [0.1, 0.15) is 5.75 Å². The van der Waals surface area contributed by atoms with Gasteiger partial charge in [-0.05, 0) is 36.9 Å². The molecule has 1 saturated carbocycles. The molecule has 1 saturated heterocycles. The third kappa shape index (κ3) is 5.11. The van der Waals surface area contributed by atoms with Crippen molar-refractivity contribution in [2.24, 2.45) is 17.6 Å². The molecule has 1 aromatic carbocycles. The van der Waals surface area contributed by atoms with Gasteiger partial charge in [0, 0.05) is 32.7 Å². The van der Waals surface area contributed by atoms with Crippen LogP contribution in [0.1, 0.15) is 38.5 Å². The molecule has 4 nitrogen and oxygen atoms in total. The molecule has 2 aliphatic rings. The molecule has 2 fully saturated rings. The quantitative estimate of drug-likeness (QED) is 0.823. The van der Waals surface area contributed by atoms with Gasteiger partial charge in [-0.15, -0.1) is 0 Å². The summed E-state index contributed by atoms with van der Waals surface area (Å²) in [5.41, 5.74) is 7.33. The molecule has 0 unspecified atom stereocenters. The normalized spacial score (nSPS) is 21.3. The Bertz CT molecular complexity index is 508. The van der Waals surface area contributed by atoms with Gasteiger partial charge in [-0.1, -0.05) is 44.2 Å². The van der Waals surface area contributed by atoms with Crippen molar-refractivity contribution in [1.29, 1.82) is 0 Å². The fourth-order valence-electron chi connectivity index (χ4n) is 4.57. The summed E-state index contributed by atoms with van der Waals surface area (Å²) in [4.78, 5) is 5.07. The predicted molar refractivity (Wildman–Crippen MR) is 105 cm³/mol. The van der Waals surface area contributed by atoms with Gasteiger partial charge in [0.25, 0.3) is 0 Å². The van der Waals surface area contributed by atoms with Crippen molar-refractivity contribution in [2.75, 3.05) is 51.3 Å². The van der Waals surface area contributed by atoms with E-state index in [9.17, 15) is 0 Å². The van der Waals surface area contributed by atoms with Crippen molar-refractivity contribution >= 4 is 5.69 Å². The Kier molecular flexibility index (Phi) is 7.00. The Balaban J connectivity index is 1.48. The van der Waals surface area contributed by atoms with Gasteiger partial charge < -0.3 is 15.4 Å². The van der Waals surface area contributed by atoms with Crippen LogP contribution in [-0.4, -0.2) is 51.3 Å². The first kappa shape index (κ1) is 18.5. The molecular formula is C21H35N3O. The maximum absolute atomic E-state index is 6.11. The van der Waals surface area contributed by atoms with Crippen molar-refractivity contribution in [3.63, 3.8) is 0 Å². The molecule has 0 spiro atoms. The van der Waals surface area contributed by atoms with Crippen molar-refractivity contribution in [2.45, 2.75) is 38.5 Å². The fraction of sp³-hybridized carbons (Fsp3) is 0.714. The van der Waals surface area contributed by atoms with E-state index in [-0.39, 0.29) is 0 Å². The van der Waals surface area contributed by atoms with E-state index in [2.05, 4.69) is 28.0 Å². The SMILES string of the molecule is COc1ccccc1N1CCN(C[C@@H](CN)CC2CCCCC2)CC1. The van der Waals surface area contributed by atoms with Gasteiger partial charge in [-0.2, -0.15) is 0 Å². The maximum Gasteiger partial charge on any atom is 0.142 e. The highest BCUT2D eigenvalue weighted by atomic mass is 16.5. The Labute approximate surface area is 153 Å². The van der Waals surface area contributed by atoms with E-state index in [0.29, 0.717) is 5.92 Å². The van der Waals surface area contributed by atoms with Gasteiger partial charge >= 0.3 is 0 Å². The molecular weight excluding hydrogens is 310 g/mol. The van der Waals surface area contributed by atoms with Crippen LogP contribution in [0.5, 0.6) is 5.75 Å². The Morgan fingerprint density at radius 3 is 2.48 bits per heavy atom. The summed E-state index contributed by atoms with van der Waals surface area (Å²) in [5.74, 6) is 2.58. The summed E-state index contributed by atoms with van der Waals surface area (Å²) in [6, 6.07) is 8.35. The topological polar surface area (TPSA) is 41.7 Å². The standard InChI is InChI=1S/C21H35N3O/c1-25-21-10-6-5-9-20(21)24-13-11-23(12-14-24)17-19(16-22)15-18-7-3-2-4-8-18/h5-6,9-10,18-19H,2-4,7-8,11-17,22H2,1H3/t19-/m1/s1. The summed E-state index contributed by atoms with van der Waals surface area (Å²) < 4.78 is 5.52. The average Bonchev–Trinajstić information content (AvgIpc) is 2.69. The minimum absolute atomic E-state index is 0.668. The summed E-state index contributed by atoms with van der Waals surface area (Å²) in [6.45, 7) is 6.40. The lowest BCUT2D eigenvalue weighted by Crippen LogP contribution is -2.48. The smallest absolute Gasteiger partial charge is 0.142 e. The highest BCUT2D eigenvalue weighted by molar-refractivity contribution is 5.58. The van der Waals surface area contributed by atoms with Crippen LogP contribution in [0.25, 0.3) is 0 Å². The summed E-state index contributed by atoms with van der Waals surface area (Å²) >= 11 is 0. The third-order valence-corrected chi connectivity index (χ3v) is 6.04. The van der Waals surface area contributed by atoms with Gasteiger partial charge in [-0.3, -0.25) is 4.90 Å². The lowest BCUT2D eigenvalue weighted by Gasteiger charge is -2.38. The minimum atomic E-state index is 0.668. The van der Waals surface area contributed by atoms with Gasteiger partial charge in [0.05, 0.1) is 12.8 Å². The second-order valence-corrected chi connectivity index (χ2v) is 7.80. The largest absolute Gasteiger partial charge is 0.495 e. The van der Waals surface area contributed by atoms with Crippen LogP contribution < -0.4 is 15.4 Å². The Morgan fingerprint density at radius 1 is 1.08 bits per heavy atom. The van der Waals surface area contributed by atoms with Gasteiger partial charge in [0.15, 0.2) is 0 Å². The van der Waals surface area contributed by atoms with Crippen LogP contribution in [0, 0.1) is 11.8 Å². The molecule has 1 aliphatic carbocycles. The number of rotatable bonds is 7. The molecule has 2 N–H and O–H groups in total. The number of benzene rings is 1. The molecule has 1 aromatic rings. The van der Waals surface area contributed by atoms with E-state index < -0.39 is 0 Å². The van der Waals surface area contributed by atoms with E-state index >= 15 is 0 Å². The fourth-order valence-corrected chi connectivity index (χ4v) is 4.57. The Hall–Kier alpha value is -1.26. The number of ether oxygens (including phenoxy) is 1. The number of nitrogens with two attached hydrogens (primary N) is 1. The number of nitrogens with zero attached hydrogens (tertiary/aromatic N) is 2. The van der Waals surface area contributed by atoms with E-state index in [4.69, 9.17) is 10.5 Å². The molecule has 3 rings (SSSR count). The Morgan fingerprint density at radius 2 is 1.80 bits per heavy atom. The molecule has 0 amide bonds. The minimum Gasteiger partial charge on any atom is -0.495 e. The van der Waals surface area contributed by atoms with Crippen molar-refractivity contribution in [3.05, 3.63) is 24.3 Å². The molecule has 0 bridgehead atoms. The number of methoxy groups -OCH3 is 1. The zero-order valence-electron chi connectivity index (χ0n) is 15.8. The van der Waals surface area contributed by atoms with Crippen LogP contribution in [0.3, 0.4) is 0 Å². The zero-order chi connectivity index (χ0) is 17.5. The summed E-state index contributed by atoms with van der Waals surface area (Å²) in [5, 5.41) is 0. The van der Waals surface area contributed by atoms with E-state index in [1.54, 1.807) is 7.11 Å². The van der Waals surface area contributed by atoms with E-state index in [0.717, 1.165) is 44.4 Å². The molecule has 4 heteroatoms. The van der Waals surface area contributed by atoms with Crippen molar-refractivity contribution < 1.29 is 4.74 Å². The van der Waals surface area contributed by atoms with E-state index in [1.165, 1.54) is 50.8 Å². The lowest BCUT2D eigenvalue weighted by atomic mass is 9.82. The molecule has 25 heavy (non-hydrogen) atoms. The van der Waals surface area contributed by atoms with Crippen LogP contribution in [0.15, 0.2) is 24.3 Å². The monoisotopic (exact) mass is 345 g/mol. The van der Waals surface area contributed by atoms with Crippen LogP contribution in [-0.2, 0) is 0 Å². The van der Waals surface area contributed by atoms with Gasteiger partial charge in [-0.25, -0.2) is 0 Å². The first-order chi connectivity index (χ1) is 12.3. The predicted octanol–water partition coefficient (Wildman–Crippen LogP) is 3.36. The van der Waals surface area contributed by atoms with Crippen molar-refractivity contribution in [3.8, 4) is 5.75 Å². The average molecular weight is 346 g/mol. The summed E-state index contributed by atoms with van der Waals surface area (Å²) in [6.07, 6.45) is 8.49. The third-order valence-electron chi connectivity index (χ3n) is 6.04. The lowest BCUT2D eigenvalue weighted by molar-refractivity contribution is 0.191. The zero-order valence-corrected chi connectivity index (χ0v) is 15.8. The van der Waals surface area contributed by atoms with Crippen LogP contribution >= 0.6 is 0 Å². The highest BCUT2D eigenvalue weighted by Crippen LogP contribution is 2.30. The van der Waals surface area contributed by atoms with Crippen molar-refractivity contribution in [1.82, 2.24) is 4.90 Å². The number of hydrogen-bond acceptors (Lipinski definition) is 4. The molecule has 1 atom stereocenters. The molecule has 0 aromatic heterocycles. The summed E-state index contributed by atoms with van der Waals surface area (Å²) in [7, 11) is 1.76. The molecule has 1 aliphatic heterocycles. The molecule has 0 radical (unpaired) electrons. The number of piperazine rings is 1. The molecule has 140 valence electrons. The highest BCUT2D eigenvalue weighted by Gasteiger charge is 2.23. The molecule has 1 heterocycles. The first-order valence-electron chi connectivity index (χ1n) is 10.1. The second-order valence-electron chi connectivity index (χ2n) is 7.80. The first-order valence-corrected chi connectivity index (χ1v) is 10.1. The van der Waals surface area contributed by atoms with E-state index in [1.807, 2.05) is 6.07 Å². The maximum atomic E-state index is 6.11. The van der Waals surface area contributed by atoms with Gasteiger partial charge in [0.2, 0.25) is 0 Å². The second kappa shape index (κ2) is 9.44. The van der Waals surface area contributed by atoms with Crippen LogP contribution in [0.4, 0.5) is 5.69 Å². The number of hydrogen-bond donors (Lipinski definition) is 1.